The van der Waals surface area contributed by atoms with Gasteiger partial charge in [-0.25, -0.2) is 0 Å². The molecule has 0 aromatic carbocycles. The maximum Gasteiger partial charge on any atom is 0.255 e. The minimum Gasteiger partial charge on any atom is -0.367 e. The largest absolute Gasteiger partial charge is 0.367 e. The Morgan fingerprint density at radius 3 is 2.45 bits per heavy atom. The van der Waals surface area contributed by atoms with Crippen molar-refractivity contribution in [2.75, 3.05) is 5.32 Å². The molecular formula is C14H22ClN5. The smallest absolute Gasteiger partial charge is 0.255 e. The van der Waals surface area contributed by atoms with Crippen LogP contribution in [0.1, 0.15) is 53.0 Å². The highest BCUT2D eigenvalue weighted by molar-refractivity contribution is 6.30. The summed E-state index contributed by atoms with van der Waals surface area (Å²) in [5.74, 6) is 1.65. The van der Waals surface area contributed by atoms with E-state index in [1.807, 2.05) is 0 Å². The van der Waals surface area contributed by atoms with E-state index in [1.165, 1.54) is 6.33 Å². The predicted molar refractivity (Wildman–Crippen MR) is 82.4 cm³/mol. The van der Waals surface area contributed by atoms with Crippen LogP contribution in [0.5, 0.6) is 0 Å². The highest BCUT2D eigenvalue weighted by atomic mass is 35.5. The summed E-state index contributed by atoms with van der Waals surface area (Å²) in [5, 5.41) is 8.29. The highest BCUT2D eigenvalue weighted by Crippen LogP contribution is 2.32. The van der Waals surface area contributed by atoms with Gasteiger partial charge in [0.1, 0.15) is 17.3 Å². The van der Waals surface area contributed by atoms with E-state index < -0.39 is 0 Å². The van der Waals surface area contributed by atoms with Crippen molar-refractivity contribution in [3.63, 3.8) is 0 Å². The summed E-state index contributed by atoms with van der Waals surface area (Å²) in [5.41, 5.74) is 1.09. The van der Waals surface area contributed by atoms with Gasteiger partial charge in [-0.1, -0.05) is 46.2 Å². The SMILES string of the molecule is CC(C)c1c(Cl)nc2ncnn2c1N[C@H](C)C(C)(C)C. The van der Waals surface area contributed by atoms with Crippen LogP contribution in [-0.4, -0.2) is 25.6 Å². The van der Waals surface area contributed by atoms with Crippen molar-refractivity contribution in [3.8, 4) is 0 Å². The van der Waals surface area contributed by atoms with Gasteiger partial charge in [0.15, 0.2) is 0 Å². The number of nitrogens with zero attached hydrogens (tertiary/aromatic N) is 4. The number of hydrogen-bond donors (Lipinski definition) is 1. The van der Waals surface area contributed by atoms with Gasteiger partial charge in [-0.2, -0.15) is 19.6 Å². The van der Waals surface area contributed by atoms with Gasteiger partial charge in [-0.3, -0.25) is 0 Å². The molecule has 110 valence electrons. The fourth-order valence-electron chi connectivity index (χ4n) is 1.90. The highest BCUT2D eigenvalue weighted by Gasteiger charge is 2.24. The molecule has 0 radical (unpaired) electrons. The molecule has 5 nitrogen and oxygen atoms in total. The molecule has 2 aromatic heterocycles. The van der Waals surface area contributed by atoms with Gasteiger partial charge >= 0.3 is 0 Å². The Morgan fingerprint density at radius 1 is 1.25 bits per heavy atom. The predicted octanol–water partition coefficient (Wildman–Crippen LogP) is 3.75. The quantitative estimate of drug-likeness (QED) is 0.876. The first-order valence-electron chi connectivity index (χ1n) is 6.87. The van der Waals surface area contributed by atoms with E-state index in [9.17, 15) is 0 Å². The first kappa shape index (κ1) is 15.0. The molecule has 2 rings (SSSR count). The minimum atomic E-state index is 0.122. The Bertz CT molecular complexity index is 612. The lowest BCUT2D eigenvalue weighted by atomic mass is 9.88. The summed E-state index contributed by atoms with van der Waals surface area (Å²) >= 11 is 6.33. The van der Waals surface area contributed by atoms with Gasteiger partial charge in [-0.15, -0.1) is 0 Å². The van der Waals surface area contributed by atoms with Gasteiger partial charge in [0.25, 0.3) is 5.78 Å². The van der Waals surface area contributed by atoms with E-state index in [1.54, 1.807) is 4.52 Å². The molecule has 20 heavy (non-hydrogen) atoms. The second-order valence-electron chi connectivity index (χ2n) is 6.52. The van der Waals surface area contributed by atoms with Crippen LogP contribution in [-0.2, 0) is 0 Å². The first-order valence-corrected chi connectivity index (χ1v) is 7.25. The molecule has 0 fully saturated rings. The van der Waals surface area contributed by atoms with E-state index in [-0.39, 0.29) is 17.4 Å². The van der Waals surface area contributed by atoms with Crippen molar-refractivity contribution in [1.82, 2.24) is 19.6 Å². The lowest BCUT2D eigenvalue weighted by Gasteiger charge is -2.30. The number of rotatable bonds is 3. The molecule has 0 saturated carbocycles. The fraction of sp³-hybridized carbons (Fsp3) is 0.643. The molecule has 6 heteroatoms. The van der Waals surface area contributed by atoms with Gasteiger partial charge in [0.05, 0.1) is 0 Å². The normalized spacial score (nSPS) is 14.0. The molecule has 1 N–H and O–H groups in total. The van der Waals surface area contributed by atoms with Gasteiger partial charge in [0, 0.05) is 11.6 Å². The Hall–Kier alpha value is -1.36. The summed E-state index contributed by atoms with van der Waals surface area (Å²) in [4.78, 5) is 8.43. The van der Waals surface area contributed by atoms with Crippen LogP contribution in [0.4, 0.5) is 5.82 Å². The molecule has 0 spiro atoms. The fourth-order valence-corrected chi connectivity index (χ4v) is 2.28. The second kappa shape index (κ2) is 5.20. The van der Waals surface area contributed by atoms with Crippen molar-refractivity contribution in [3.05, 3.63) is 17.0 Å². The third-order valence-electron chi connectivity index (χ3n) is 3.65. The lowest BCUT2D eigenvalue weighted by molar-refractivity contribution is 0.358. The number of fused-ring (bicyclic) bond motifs is 1. The number of nitrogens with one attached hydrogen (secondary N) is 1. The van der Waals surface area contributed by atoms with Crippen molar-refractivity contribution in [1.29, 1.82) is 0 Å². The zero-order valence-corrected chi connectivity index (χ0v) is 13.7. The second-order valence-corrected chi connectivity index (χ2v) is 6.88. The topological polar surface area (TPSA) is 55.1 Å². The van der Waals surface area contributed by atoms with Crippen LogP contribution in [0.15, 0.2) is 6.33 Å². The van der Waals surface area contributed by atoms with Crippen molar-refractivity contribution in [2.24, 2.45) is 5.41 Å². The lowest BCUT2D eigenvalue weighted by Crippen LogP contribution is -2.32. The van der Waals surface area contributed by atoms with E-state index in [0.29, 0.717) is 10.9 Å². The van der Waals surface area contributed by atoms with E-state index in [4.69, 9.17) is 11.6 Å². The van der Waals surface area contributed by atoms with Gasteiger partial charge in [-0.05, 0) is 18.3 Å². The molecule has 1 atom stereocenters. The average Bonchev–Trinajstić information content (AvgIpc) is 2.74. The maximum atomic E-state index is 6.33. The minimum absolute atomic E-state index is 0.122. The third kappa shape index (κ3) is 2.73. The third-order valence-corrected chi connectivity index (χ3v) is 3.93. The Balaban J connectivity index is 2.59. The summed E-state index contributed by atoms with van der Waals surface area (Å²) in [7, 11) is 0. The Labute approximate surface area is 124 Å². The molecular weight excluding hydrogens is 274 g/mol. The molecule has 0 aliphatic heterocycles. The molecule has 0 aliphatic carbocycles. The number of aromatic nitrogens is 4. The maximum absolute atomic E-state index is 6.33. The number of hydrogen-bond acceptors (Lipinski definition) is 4. The van der Waals surface area contributed by atoms with Gasteiger partial charge < -0.3 is 5.32 Å². The summed E-state index contributed by atoms with van der Waals surface area (Å²) in [6.07, 6.45) is 1.50. The first-order chi connectivity index (χ1) is 9.21. The zero-order chi connectivity index (χ0) is 15.1. The van der Waals surface area contributed by atoms with Crippen molar-refractivity contribution in [2.45, 2.75) is 53.5 Å². The van der Waals surface area contributed by atoms with Crippen molar-refractivity contribution >= 4 is 23.2 Å². The van der Waals surface area contributed by atoms with Crippen LogP contribution < -0.4 is 5.32 Å². The zero-order valence-electron chi connectivity index (χ0n) is 12.9. The number of halogens is 1. The van der Waals surface area contributed by atoms with E-state index >= 15 is 0 Å². The average molecular weight is 296 g/mol. The molecule has 2 aromatic rings. The van der Waals surface area contributed by atoms with Crippen molar-refractivity contribution < 1.29 is 0 Å². The summed E-state index contributed by atoms with van der Waals surface area (Å²) in [6.45, 7) is 12.9. The standard InChI is InChI=1S/C14H22ClN5/c1-8(2)10-11(15)19-13-16-7-17-20(13)12(10)18-9(3)14(4,5)6/h7-9,18H,1-6H3/t9-/m1/s1. The molecule has 0 saturated heterocycles. The molecule has 0 bridgehead atoms. The Kier molecular flexibility index (Phi) is 3.91. The molecule has 0 amide bonds. The molecule has 2 heterocycles. The van der Waals surface area contributed by atoms with E-state index in [2.05, 4.69) is 61.9 Å². The molecule has 0 aliphatic rings. The summed E-state index contributed by atoms with van der Waals surface area (Å²) < 4.78 is 1.73. The Morgan fingerprint density at radius 2 is 1.90 bits per heavy atom. The van der Waals surface area contributed by atoms with Crippen LogP contribution in [0.3, 0.4) is 0 Å². The monoisotopic (exact) mass is 295 g/mol. The van der Waals surface area contributed by atoms with Crippen LogP contribution in [0.2, 0.25) is 5.15 Å². The number of anilines is 1. The van der Waals surface area contributed by atoms with Gasteiger partial charge in [0.2, 0.25) is 0 Å². The van der Waals surface area contributed by atoms with E-state index in [0.717, 1.165) is 11.4 Å². The van der Waals surface area contributed by atoms with Crippen LogP contribution in [0, 0.1) is 5.41 Å². The van der Waals surface area contributed by atoms with Crippen LogP contribution in [0.25, 0.3) is 5.78 Å². The molecule has 0 unspecified atom stereocenters. The summed E-state index contributed by atoms with van der Waals surface area (Å²) in [6, 6.07) is 0.255. The van der Waals surface area contributed by atoms with Crippen LogP contribution >= 0.6 is 11.6 Å².